The molecule has 0 amide bonds. The molecular formula is C13H17N3O3. The zero-order valence-corrected chi connectivity index (χ0v) is 10.7. The predicted molar refractivity (Wildman–Crippen MR) is 71.1 cm³/mol. The lowest BCUT2D eigenvalue weighted by Gasteiger charge is -2.10. The molecule has 6 nitrogen and oxygen atoms in total. The summed E-state index contributed by atoms with van der Waals surface area (Å²) in [5.74, 6) is 0. The molecule has 6 heteroatoms. The smallest absolute Gasteiger partial charge is 0.258 e. The fourth-order valence-corrected chi connectivity index (χ4v) is 1.81. The maximum atomic E-state index is 11.8. The first-order chi connectivity index (χ1) is 9.20. The van der Waals surface area contributed by atoms with Crippen LogP contribution in [-0.2, 0) is 11.3 Å². The molecule has 0 bridgehead atoms. The van der Waals surface area contributed by atoms with Crippen molar-refractivity contribution >= 4 is 5.65 Å². The second-order valence-electron chi connectivity index (χ2n) is 4.25. The van der Waals surface area contributed by atoms with Gasteiger partial charge in [0.1, 0.15) is 5.65 Å². The third-order valence-corrected chi connectivity index (χ3v) is 2.67. The van der Waals surface area contributed by atoms with Gasteiger partial charge in [0.15, 0.2) is 0 Å². The number of nitrogens with zero attached hydrogens (tertiary/aromatic N) is 2. The van der Waals surface area contributed by atoms with E-state index in [1.54, 1.807) is 18.3 Å². The van der Waals surface area contributed by atoms with Crippen LogP contribution in [0.5, 0.6) is 0 Å². The highest BCUT2D eigenvalue weighted by Gasteiger charge is 2.04. The summed E-state index contributed by atoms with van der Waals surface area (Å²) in [6.45, 7) is 1.10. The highest BCUT2D eigenvalue weighted by Crippen LogP contribution is 1.98. The van der Waals surface area contributed by atoms with E-state index in [1.807, 2.05) is 6.07 Å². The third-order valence-electron chi connectivity index (χ3n) is 2.67. The third kappa shape index (κ3) is 3.60. The maximum absolute atomic E-state index is 11.8. The zero-order chi connectivity index (χ0) is 13.7. The summed E-state index contributed by atoms with van der Waals surface area (Å²) in [7, 11) is 1.54. The van der Waals surface area contributed by atoms with Crippen molar-refractivity contribution in [3.05, 3.63) is 46.5 Å². The van der Waals surface area contributed by atoms with Crippen molar-refractivity contribution in [1.82, 2.24) is 14.7 Å². The Kier molecular flexibility index (Phi) is 4.62. The first-order valence-corrected chi connectivity index (χ1v) is 6.06. The minimum Gasteiger partial charge on any atom is -0.389 e. The molecule has 19 heavy (non-hydrogen) atoms. The number of methoxy groups -OCH3 is 1. The SMILES string of the molecule is COCC(O)CNCc1cc(=O)n2ccccc2n1. The fraction of sp³-hybridized carbons (Fsp3) is 0.385. The summed E-state index contributed by atoms with van der Waals surface area (Å²) in [5, 5.41) is 12.5. The molecule has 0 radical (unpaired) electrons. The van der Waals surface area contributed by atoms with Crippen molar-refractivity contribution < 1.29 is 9.84 Å². The van der Waals surface area contributed by atoms with Crippen LogP contribution in [0.1, 0.15) is 5.69 Å². The van der Waals surface area contributed by atoms with Gasteiger partial charge in [-0.2, -0.15) is 0 Å². The van der Waals surface area contributed by atoms with Crippen molar-refractivity contribution in [3.8, 4) is 0 Å². The molecular weight excluding hydrogens is 246 g/mol. The van der Waals surface area contributed by atoms with Crippen molar-refractivity contribution in [2.45, 2.75) is 12.6 Å². The van der Waals surface area contributed by atoms with Gasteiger partial charge in [0.2, 0.25) is 0 Å². The first-order valence-electron chi connectivity index (χ1n) is 6.06. The standard InChI is InChI=1S/C13H17N3O3/c1-19-9-11(17)8-14-7-10-6-13(18)16-5-3-2-4-12(16)15-10/h2-6,11,14,17H,7-9H2,1H3. The summed E-state index contributed by atoms with van der Waals surface area (Å²) < 4.78 is 6.31. The molecule has 0 saturated heterocycles. The van der Waals surface area contributed by atoms with E-state index in [2.05, 4.69) is 10.3 Å². The molecule has 2 N–H and O–H groups in total. The van der Waals surface area contributed by atoms with E-state index in [4.69, 9.17) is 4.74 Å². The summed E-state index contributed by atoms with van der Waals surface area (Å²) in [6, 6.07) is 6.89. The Balaban J connectivity index is 2.03. The van der Waals surface area contributed by atoms with Gasteiger partial charge in [0.05, 0.1) is 18.4 Å². The lowest BCUT2D eigenvalue weighted by atomic mass is 10.3. The average molecular weight is 263 g/mol. The maximum Gasteiger partial charge on any atom is 0.258 e. The van der Waals surface area contributed by atoms with E-state index in [1.165, 1.54) is 17.6 Å². The molecule has 0 fully saturated rings. The Labute approximate surface area is 110 Å². The van der Waals surface area contributed by atoms with E-state index >= 15 is 0 Å². The van der Waals surface area contributed by atoms with E-state index < -0.39 is 6.10 Å². The Bertz CT molecular complexity index is 597. The van der Waals surface area contributed by atoms with E-state index in [-0.39, 0.29) is 12.2 Å². The highest BCUT2D eigenvalue weighted by molar-refractivity contribution is 5.37. The van der Waals surface area contributed by atoms with Crippen LogP contribution in [-0.4, -0.2) is 40.9 Å². The number of pyridine rings is 1. The van der Waals surface area contributed by atoms with Crippen LogP contribution >= 0.6 is 0 Å². The minimum atomic E-state index is -0.563. The largest absolute Gasteiger partial charge is 0.389 e. The lowest BCUT2D eigenvalue weighted by Crippen LogP contribution is -2.30. The molecule has 1 atom stereocenters. The molecule has 102 valence electrons. The normalized spacial score (nSPS) is 12.7. The Morgan fingerprint density at radius 2 is 2.37 bits per heavy atom. The van der Waals surface area contributed by atoms with Crippen LogP contribution in [0.4, 0.5) is 0 Å². The molecule has 0 aliphatic rings. The molecule has 0 spiro atoms. The first kappa shape index (κ1) is 13.7. The number of aromatic nitrogens is 2. The van der Waals surface area contributed by atoms with Gasteiger partial charge in [-0.1, -0.05) is 6.07 Å². The number of ether oxygens (including phenoxy) is 1. The molecule has 2 heterocycles. The molecule has 2 aromatic heterocycles. The molecule has 1 unspecified atom stereocenters. The summed E-state index contributed by atoms with van der Waals surface area (Å²) in [4.78, 5) is 16.2. The van der Waals surface area contributed by atoms with Gasteiger partial charge >= 0.3 is 0 Å². The molecule has 0 saturated carbocycles. The van der Waals surface area contributed by atoms with Gasteiger partial charge in [0, 0.05) is 32.5 Å². The van der Waals surface area contributed by atoms with Crippen LogP contribution in [0.15, 0.2) is 35.3 Å². The monoisotopic (exact) mass is 263 g/mol. The summed E-state index contributed by atoms with van der Waals surface area (Å²) in [6.07, 6.45) is 1.12. The van der Waals surface area contributed by atoms with Crippen molar-refractivity contribution in [3.63, 3.8) is 0 Å². The van der Waals surface area contributed by atoms with Gasteiger partial charge in [-0.05, 0) is 12.1 Å². The second kappa shape index (κ2) is 6.42. The number of aliphatic hydroxyl groups excluding tert-OH is 1. The van der Waals surface area contributed by atoms with Crippen LogP contribution in [0.2, 0.25) is 0 Å². The van der Waals surface area contributed by atoms with Gasteiger partial charge < -0.3 is 15.2 Å². The number of hydrogen-bond donors (Lipinski definition) is 2. The fourth-order valence-electron chi connectivity index (χ4n) is 1.81. The minimum absolute atomic E-state index is 0.111. The van der Waals surface area contributed by atoms with Gasteiger partial charge in [-0.3, -0.25) is 9.20 Å². The van der Waals surface area contributed by atoms with E-state index in [9.17, 15) is 9.90 Å². The predicted octanol–water partition coefficient (Wildman–Crippen LogP) is -0.209. The van der Waals surface area contributed by atoms with Crippen LogP contribution < -0.4 is 10.9 Å². The van der Waals surface area contributed by atoms with Crippen LogP contribution in [0, 0.1) is 0 Å². The zero-order valence-electron chi connectivity index (χ0n) is 10.7. The van der Waals surface area contributed by atoms with Crippen LogP contribution in [0.25, 0.3) is 5.65 Å². The Hall–Kier alpha value is -1.76. The van der Waals surface area contributed by atoms with E-state index in [0.29, 0.717) is 24.4 Å². The number of rotatable bonds is 6. The second-order valence-corrected chi connectivity index (χ2v) is 4.25. The van der Waals surface area contributed by atoms with Crippen LogP contribution in [0.3, 0.4) is 0 Å². The molecule has 0 aromatic carbocycles. The quantitative estimate of drug-likeness (QED) is 0.754. The molecule has 0 aliphatic heterocycles. The Morgan fingerprint density at radius 1 is 1.53 bits per heavy atom. The van der Waals surface area contributed by atoms with Gasteiger partial charge in [0.25, 0.3) is 5.56 Å². The molecule has 2 rings (SSSR count). The highest BCUT2D eigenvalue weighted by atomic mass is 16.5. The van der Waals surface area contributed by atoms with Crippen molar-refractivity contribution in [1.29, 1.82) is 0 Å². The van der Waals surface area contributed by atoms with Gasteiger partial charge in [-0.25, -0.2) is 4.98 Å². The van der Waals surface area contributed by atoms with Crippen molar-refractivity contribution in [2.75, 3.05) is 20.3 Å². The molecule has 2 aromatic rings. The average Bonchev–Trinajstić information content (AvgIpc) is 2.39. The summed E-state index contributed by atoms with van der Waals surface area (Å²) in [5.41, 5.74) is 1.16. The number of nitrogens with one attached hydrogen (secondary N) is 1. The Morgan fingerprint density at radius 3 is 3.16 bits per heavy atom. The number of fused-ring (bicyclic) bond motifs is 1. The number of hydrogen-bond acceptors (Lipinski definition) is 5. The molecule has 0 aliphatic carbocycles. The summed E-state index contributed by atoms with van der Waals surface area (Å²) >= 11 is 0. The van der Waals surface area contributed by atoms with Gasteiger partial charge in [-0.15, -0.1) is 0 Å². The van der Waals surface area contributed by atoms with Crippen molar-refractivity contribution in [2.24, 2.45) is 0 Å². The lowest BCUT2D eigenvalue weighted by molar-refractivity contribution is 0.0643. The van der Waals surface area contributed by atoms with E-state index in [0.717, 1.165) is 0 Å². The topological polar surface area (TPSA) is 75.9 Å². The number of aliphatic hydroxyl groups is 1.